The summed E-state index contributed by atoms with van der Waals surface area (Å²) < 4.78 is 5.07. The summed E-state index contributed by atoms with van der Waals surface area (Å²) in [6.45, 7) is 6.11. The molecule has 112 valence electrons. The SMILES string of the molecule is CCOC(=O)c1sc(-c2ccc(Cl)c(C)c2)c(CC)c1N. The van der Waals surface area contributed by atoms with Gasteiger partial charge in [0.25, 0.3) is 0 Å². The molecule has 0 saturated carbocycles. The molecule has 0 aliphatic carbocycles. The largest absolute Gasteiger partial charge is 0.462 e. The molecule has 21 heavy (non-hydrogen) atoms. The monoisotopic (exact) mass is 323 g/mol. The number of hydrogen-bond acceptors (Lipinski definition) is 4. The predicted octanol–water partition coefficient (Wildman–Crippen LogP) is 4.70. The van der Waals surface area contributed by atoms with E-state index in [9.17, 15) is 4.79 Å². The van der Waals surface area contributed by atoms with Gasteiger partial charge in [-0.05, 0) is 49.1 Å². The smallest absolute Gasteiger partial charge is 0.350 e. The van der Waals surface area contributed by atoms with Gasteiger partial charge in [-0.2, -0.15) is 0 Å². The Bertz CT molecular complexity index is 679. The van der Waals surface area contributed by atoms with Crippen molar-refractivity contribution in [3.05, 3.63) is 39.2 Å². The minimum absolute atomic E-state index is 0.340. The van der Waals surface area contributed by atoms with Crippen LogP contribution in [0, 0.1) is 6.92 Å². The Morgan fingerprint density at radius 1 is 1.38 bits per heavy atom. The van der Waals surface area contributed by atoms with Crippen LogP contribution >= 0.6 is 22.9 Å². The van der Waals surface area contributed by atoms with Gasteiger partial charge in [0.2, 0.25) is 0 Å². The zero-order valence-electron chi connectivity index (χ0n) is 12.3. The fraction of sp³-hybridized carbons (Fsp3) is 0.312. The summed E-state index contributed by atoms with van der Waals surface area (Å²) in [7, 11) is 0. The van der Waals surface area contributed by atoms with Crippen LogP contribution in [0.3, 0.4) is 0 Å². The first-order valence-electron chi connectivity index (χ1n) is 6.84. The molecule has 5 heteroatoms. The summed E-state index contributed by atoms with van der Waals surface area (Å²) in [6, 6.07) is 5.84. The topological polar surface area (TPSA) is 52.3 Å². The maximum absolute atomic E-state index is 12.0. The van der Waals surface area contributed by atoms with Crippen LogP contribution in [-0.2, 0) is 11.2 Å². The van der Waals surface area contributed by atoms with Crippen molar-refractivity contribution in [2.45, 2.75) is 27.2 Å². The highest BCUT2D eigenvalue weighted by molar-refractivity contribution is 7.18. The second kappa shape index (κ2) is 6.50. The highest BCUT2D eigenvalue weighted by atomic mass is 35.5. The third-order valence-corrected chi connectivity index (χ3v) is 4.98. The lowest BCUT2D eigenvalue weighted by molar-refractivity contribution is 0.0533. The number of hydrogen-bond donors (Lipinski definition) is 1. The highest BCUT2D eigenvalue weighted by Crippen LogP contribution is 2.40. The molecule has 0 spiro atoms. The molecule has 2 N–H and O–H groups in total. The molecule has 1 aromatic carbocycles. The number of carbonyl (C=O) groups is 1. The van der Waals surface area contributed by atoms with Crippen LogP contribution in [0.4, 0.5) is 5.69 Å². The standard InChI is InChI=1S/C16H18ClNO2S/c1-4-11-13(18)15(16(19)20-5-2)21-14(11)10-6-7-12(17)9(3)8-10/h6-8H,4-5,18H2,1-3H3. The van der Waals surface area contributed by atoms with Gasteiger partial charge >= 0.3 is 5.97 Å². The number of nitrogens with two attached hydrogens (primary N) is 1. The fourth-order valence-corrected chi connectivity index (χ4v) is 3.52. The van der Waals surface area contributed by atoms with Crippen LogP contribution < -0.4 is 5.73 Å². The maximum Gasteiger partial charge on any atom is 0.350 e. The van der Waals surface area contributed by atoms with E-state index in [-0.39, 0.29) is 5.97 Å². The number of rotatable bonds is 4. The van der Waals surface area contributed by atoms with Gasteiger partial charge in [0.15, 0.2) is 0 Å². The third kappa shape index (κ3) is 3.06. The Kier molecular flexibility index (Phi) is 4.91. The summed E-state index contributed by atoms with van der Waals surface area (Å²) in [6.07, 6.45) is 0.763. The maximum atomic E-state index is 12.0. The quantitative estimate of drug-likeness (QED) is 0.830. The van der Waals surface area contributed by atoms with Gasteiger partial charge in [0.1, 0.15) is 4.88 Å². The lowest BCUT2D eigenvalue weighted by Gasteiger charge is -2.05. The minimum Gasteiger partial charge on any atom is -0.462 e. The minimum atomic E-state index is -0.355. The Hall–Kier alpha value is -1.52. The van der Waals surface area contributed by atoms with Crippen molar-refractivity contribution in [1.29, 1.82) is 0 Å². The molecule has 1 aromatic heterocycles. The molecular weight excluding hydrogens is 306 g/mol. The Morgan fingerprint density at radius 2 is 2.10 bits per heavy atom. The van der Waals surface area contributed by atoms with Crippen molar-refractivity contribution >= 4 is 34.6 Å². The molecule has 0 saturated heterocycles. The van der Waals surface area contributed by atoms with E-state index in [0.29, 0.717) is 17.2 Å². The van der Waals surface area contributed by atoms with Gasteiger partial charge in [-0.3, -0.25) is 0 Å². The second-order valence-electron chi connectivity index (χ2n) is 4.69. The molecule has 1 heterocycles. The number of halogens is 1. The zero-order chi connectivity index (χ0) is 15.6. The zero-order valence-corrected chi connectivity index (χ0v) is 13.9. The second-order valence-corrected chi connectivity index (χ2v) is 6.12. The van der Waals surface area contributed by atoms with Crippen molar-refractivity contribution in [1.82, 2.24) is 0 Å². The van der Waals surface area contributed by atoms with E-state index in [0.717, 1.165) is 33.0 Å². The van der Waals surface area contributed by atoms with Crippen molar-refractivity contribution in [3.63, 3.8) is 0 Å². The van der Waals surface area contributed by atoms with Crippen LogP contribution in [0.2, 0.25) is 5.02 Å². The number of benzene rings is 1. The summed E-state index contributed by atoms with van der Waals surface area (Å²) in [4.78, 5) is 13.5. The van der Waals surface area contributed by atoms with Crippen LogP contribution in [0.1, 0.15) is 34.6 Å². The van der Waals surface area contributed by atoms with E-state index >= 15 is 0 Å². The number of carbonyl (C=O) groups excluding carboxylic acids is 1. The van der Waals surface area contributed by atoms with Crippen LogP contribution in [0.5, 0.6) is 0 Å². The van der Waals surface area contributed by atoms with Crippen molar-refractivity contribution in [3.8, 4) is 10.4 Å². The first-order valence-corrected chi connectivity index (χ1v) is 8.03. The number of aryl methyl sites for hydroxylation is 1. The van der Waals surface area contributed by atoms with E-state index in [1.165, 1.54) is 11.3 Å². The molecule has 3 nitrogen and oxygen atoms in total. The van der Waals surface area contributed by atoms with Crippen molar-refractivity contribution in [2.75, 3.05) is 12.3 Å². The number of esters is 1. The number of thiophene rings is 1. The molecular formula is C16H18ClNO2S. The summed E-state index contributed by atoms with van der Waals surface area (Å²) in [5.41, 5.74) is 9.69. The number of anilines is 1. The molecule has 0 fully saturated rings. The van der Waals surface area contributed by atoms with Crippen molar-refractivity contribution in [2.24, 2.45) is 0 Å². The average Bonchev–Trinajstić information content (AvgIpc) is 2.79. The molecule has 0 radical (unpaired) electrons. The van der Waals surface area contributed by atoms with Crippen LogP contribution in [0.25, 0.3) is 10.4 Å². The number of ether oxygens (including phenoxy) is 1. The van der Waals surface area contributed by atoms with Gasteiger partial charge in [-0.1, -0.05) is 24.6 Å². The predicted molar refractivity (Wildman–Crippen MR) is 89.2 cm³/mol. The van der Waals surface area contributed by atoms with E-state index in [1.807, 2.05) is 32.0 Å². The van der Waals surface area contributed by atoms with Crippen molar-refractivity contribution < 1.29 is 9.53 Å². The first-order chi connectivity index (χ1) is 9.99. The van der Waals surface area contributed by atoms with Gasteiger partial charge in [0, 0.05) is 9.90 Å². The average molecular weight is 324 g/mol. The molecule has 0 unspecified atom stereocenters. The molecule has 2 aromatic rings. The molecule has 0 amide bonds. The van der Waals surface area contributed by atoms with Crippen LogP contribution in [-0.4, -0.2) is 12.6 Å². The first kappa shape index (κ1) is 15.9. The summed E-state index contributed by atoms with van der Waals surface area (Å²) >= 11 is 7.46. The normalized spacial score (nSPS) is 10.7. The molecule has 0 atom stereocenters. The van der Waals surface area contributed by atoms with E-state index < -0.39 is 0 Å². The van der Waals surface area contributed by atoms with Crippen LogP contribution in [0.15, 0.2) is 18.2 Å². The van der Waals surface area contributed by atoms with Gasteiger partial charge in [0.05, 0.1) is 12.3 Å². The van der Waals surface area contributed by atoms with E-state index in [1.54, 1.807) is 6.92 Å². The summed E-state index contributed by atoms with van der Waals surface area (Å²) in [5.74, 6) is -0.355. The van der Waals surface area contributed by atoms with E-state index in [2.05, 4.69) is 0 Å². The Balaban J connectivity index is 2.55. The highest BCUT2D eigenvalue weighted by Gasteiger charge is 2.21. The van der Waals surface area contributed by atoms with Gasteiger partial charge < -0.3 is 10.5 Å². The lowest BCUT2D eigenvalue weighted by Crippen LogP contribution is -2.05. The van der Waals surface area contributed by atoms with Gasteiger partial charge in [-0.25, -0.2) is 4.79 Å². The fourth-order valence-electron chi connectivity index (χ4n) is 2.20. The van der Waals surface area contributed by atoms with E-state index in [4.69, 9.17) is 22.1 Å². The lowest BCUT2D eigenvalue weighted by atomic mass is 10.0. The summed E-state index contributed by atoms with van der Waals surface area (Å²) in [5, 5.41) is 0.729. The Labute approximate surface area is 133 Å². The molecule has 0 aliphatic rings. The number of nitrogen functional groups attached to an aromatic ring is 1. The third-order valence-electron chi connectivity index (χ3n) is 3.28. The van der Waals surface area contributed by atoms with Gasteiger partial charge in [-0.15, -0.1) is 11.3 Å². The molecule has 2 rings (SSSR count). The Morgan fingerprint density at radius 3 is 2.67 bits per heavy atom. The molecule has 0 aliphatic heterocycles. The molecule has 0 bridgehead atoms.